The molecule has 0 aromatic heterocycles. The molecule has 1 aliphatic heterocycles. The summed E-state index contributed by atoms with van der Waals surface area (Å²) in [5, 5.41) is 2.47. The first-order chi connectivity index (χ1) is 7.61. The van der Waals surface area contributed by atoms with Gasteiger partial charge in [0.25, 0.3) is 5.91 Å². The van der Waals surface area contributed by atoms with Gasteiger partial charge in [0.2, 0.25) is 0 Å². The van der Waals surface area contributed by atoms with E-state index in [2.05, 4.69) is 10.1 Å². The Morgan fingerprint density at radius 1 is 1.44 bits per heavy atom. The van der Waals surface area contributed by atoms with Gasteiger partial charge in [0.15, 0.2) is 0 Å². The summed E-state index contributed by atoms with van der Waals surface area (Å²) >= 11 is 0. The van der Waals surface area contributed by atoms with Gasteiger partial charge in [-0.25, -0.2) is 9.18 Å². The molecule has 0 aliphatic carbocycles. The first kappa shape index (κ1) is 10.4. The number of nitrogens with one attached hydrogen (secondary N) is 1. The molecular weight excluding hydrogens is 213 g/mol. The third-order valence-electron chi connectivity index (χ3n) is 2.23. The van der Waals surface area contributed by atoms with Gasteiger partial charge < -0.3 is 10.1 Å². The molecule has 0 fully saturated rings. The highest BCUT2D eigenvalue weighted by molar-refractivity contribution is 6.11. The SMILES string of the molecule is COC(=O)/C=C1/NC(=O)c2ccc(F)cc21. The lowest BCUT2D eigenvalue weighted by Gasteiger charge is -1.99. The summed E-state index contributed by atoms with van der Waals surface area (Å²) in [5.41, 5.74) is 0.971. The van der Waals surface area contributed by atoms with Crippen LogP contribution in [0.4, 0.5) is 4.39 Å². The van der Waals surface area contributed by atoms with E-state index in [0.29, 0.717) is 11.1 Å². The maximum atomic E-state index is 13.0. The largest absolute Gasteiger partial charge is 0.466 e. The summed E-state index contributed by atoms with van der Waals surface area (Å²) in [6, 6.07) is 3.76. The third kappa shape index (κ3) is 1.67. The van der Waals surface area contributed by atoms with Crippen molar-refractivity contribution in [2.45, 2.75) is 0 Å². The van der Waals surface area contributed by atoms with Gasteiger partial charge in [-0.2, -0.15) is 0 Å². The van der Waals surface area contributed by atoms with Gasteiger partial charge in [-0.1, -0.05) is 0 Å². The molecule has 1 aromatic rings. The highest BCUT2D eigenvalue weighted by atomic mass is 19.1. The molecule has 4 nitrogen and oxygen atoms in total. The number of amides is 1. The molecule has 1 amide bonds. The molecule has 0 unspecified atom stereocenters. The molecule has 5 heteroatoms. The van der Waals surface area contributed by atoms with E-state index < -0.39 is 11.8 Å². The predicted molar refractivity (Wildman–Crippen MR) is 53.9 cm³/mol. The van der Waals surface area contributed by atoms with E-state index in [1.54, 1.807) is 0 Å². The van der Waals surface area contributed by atoms with Gasteiger partial charge >= 0.3 is 5.97 Å². The Morgan fingerprint density at radius 3 is 2.88 bits per heavy atom. The maximum Gasteiger partial charge on any atom is 0.332 e. The number of ether oxygens (including phenoxy) is 1. The number of carbonyl (C=O) groups is 2. The van der Waals surface area contributed by atoms with Gasteiger partial charge in [0, 0.05) is 17.2 Å². The smallest absolute Gasteiger partial charge is 0.332 e. The van der Waals surface area contributed by atoms with Crippen molar-refractivity contribution in [2.75, 3.05) is 7.11 Å². The highest BCUT2D eigenvalue weighted by Crippen LogP contribution is 2.24. The Labute approximate surface area is 90.7 Å². The van der Waals surface area contributed by atoms with E-state index in [-0.39, 0.29) is 11.6 Å². The van der Waals surface area contributed by atoms with Gasteiger partial charge in [0.05, 0.1) is 12.8 Å². The fraction of sp³-hybridized carbons (Fsp3) is 0.0909. The number of rotatable bonds is 1. The fourth-order valence-electron chi connectivity index (χ4n) is 1.48. The van der Waals surface area contributed by atoms with E-state index in [1.807, 2.05) is 0 Å². The lowest BCUT2D eigenvalue weighted by atomic mass is 10.1. The zero-order valence-electron chi connectivity index (χ0n) is 8.41. The zero-order chi connectivity index (χ0) is 11.7. The van der Waals surface area contributed by atoms with E-state index >= 15 is 0 Å². The number of benzene rings is 1. The lowest BCUT2D eigenvalue weighted by molar-refractivity contribution is -0.134. The molecule has 1 aromatic carbocycles. The lowest BCUT2D eigenvalue weighted by Crippen LogP contribution is -2.13. The summed E-state index contributed by atoms with van der Waals surface area (Å²) in [6.45, 7) is 0. The van der Waals surface area contributed by atoms with Crippen LogP contribution in [0.1, 0.15) is 15.9 Å². The monoisotopic (exact) mass is 221 g/mol. The predicted octanol–water partition coefficient (Wildman–Crippen LogP) is 1.08. The molecule has 1 N–H and O–H groups in total. The maximum absolute atomic E-state index is 13.0. The number of carbonyl (C=O) groups excluding carboxylic acids is 2. The van der Waals surface area contributed by atoms with E-state index in [1.165, 1.54) is 25.3 Å². The van der Waals surface area contributed by atoms with Crippen molar-refractivity contribution in [3.8, 4) is 0 Å². The van der Waals surface area contributed by atoms with Crippen LogP contribution in [0.25, 0.3) is 5.70 Å². The van der Waals surface area contributed by atoms with Crippen LogP contribution < -0.4 is 5.32 Å². The number of fused-ring (bicyclic) bond motifs is 1. The zero-order valence-corrected chi connectivity index (χ0v) is 8.41. The first-order valence-electron chi connectivity index (χ1n) is 4.52. The number of hydrogen-bond acceptors (Lipinski definition) is 3. The van der Waals surface area contributed by atoms with E-state index in [0.717, 1.165) is 6.08 Å². The minimum atomic E-state index is -0.604. The molecule has 0 bridgehead atoms. The third-order valence-corrected chi connectivity index (χ3v) is 2.23. The molecule has 0 spiro atoms. The molecule has 2 rings (SSSR count). The minimum Gasteiger partial charge on any atom is -0.466 e. The van der Waals surface area contributed by atoms with Crippen molar-refractivity contribution in [1.82, 2.24) is 5.32 Å². The summed E-state index contributed by atoms with van der Waals surface area (Å²) in [4.78, 5) is 22.5. The van der Waals surface area contributed by atoms with Crippen LogP contribution in [-0.2, 0) is 9.53 Å². The molecule has 16 heavy (non-hydrogen) atoms. The minimum absolute atomic E-state index is 0.256. The Hall–Kier alpha value is -2.17. The van der Waals surface area contributed by atoms with Gasteiger partial charge in [-0.15, -0.1) is 0 Å². The number of hydrogen-bond donors (Lipinski definition) is 1. The van der Waals surface area contributed by atoms with Crippen LogP contribution in [-0.4, -0.2) is 19.0 Å². The molecule has 0 radical (unpaired) electrons. The number of methoxy groups -OCH3 is 1. The molecule has 0 saturated heterocycles. The van der Waals surface area contributed by atoms with Crippen LogP contribution in [0.5, 0.6) is 0 Å². The number of halogens is 1. The molecular formula is C11H8FNO3. The molecule has 0 atom stereocenters. The summed E-state index contributed by atoms with van der Waals surface area (Å²) < 4.78 is 17.4. The molecule has 1 heterocycles. The molecule has 1 aliphatic rings. The Kier molecular flexibility index (Phi) is 2.44. The normalized spacial score (nSPS) is 15.9. The second-order valence-corrected chi connectivity index (χ2v) is 3.23. The summed E-state index contributed by atoms with van der Waals surface area (Å²) in [6.07, 6.45) is 1.11. The van der Waals surface area contributed by atoms with E-state index in [4.69, 9.17) is 0 Å². The fourth-order valence-corrected chi connectivity index (χ4v) is 1.48. The summed E-state index contributed by atoms with van der Waals surface area (Å²) in [7, 11) is 1.22. The van der Waals surface area contributed by atoms with Gasteiger partial charge in [-0.3, -0.25) is 4.79 Å². The van der Waals surface area contributed by atoms with Crippen molar-refractivity contribution in [2.24, 2.45) is 0 Å². The van der Waals surface area contributed by atoms with Crippen LogP contribution >= 0.6 is 0 Å². The number of esters is 1. The standard InChI is InChI=1S/C11H8FNO3/c1-16-10(14)5-9-8-4-6(12)2-3-7(8)11(15)13-9/h2-5H,1H3,(H,13,15)/b9-5+. The van der Waals surface area contributed by atoms with Crippen molar-refractivity contribution in [3.05, 3.63) is 41.2 Å². The first-order valence-corrected chi connectivity index (χ1v) is 4.52. The van der Waals surface area contributed by atoms with Crippen molar-refractivity contribution < 1.29 is 18.7 Å². The van der Waals surface area contributed by atoms with Crippen LogP contribution in [0.15, 0.2) is 24.3 Å². The Morgan fingerprint density at radius 2 is 2.19 bits per heavy atom. The quantitative estimate of drug-likeness (QED) is 0.570. The van der Waals surface area contributed by atoms with Crippen molar-refractivity contribution in [1.29, 1.82) is 0 Å². The second kappa shape index (κ2) is 3.77. The van der Waals surface area contributed by atoms with Crippen molar-refractivity contribution in [3.63, 3.8) is 0 Å². The highest BCUT2D eigenvalue weighted by Gasteiger charge is 2.24. The molecule has 82 valence electrons. The van der Waals surface area contributed by atoms with Crippen molar-refractivity contribution >= 4 is 17.6 Å². The summed E-state index contributed by atoms with van der Waals surface area (Å²) in [5.74, 6) is -1.43. The molecule has 0 saturated carbocycles. The van der Waals surface area contributed by atoms with Crippen LogP contribution in [0, 0.1) is 5.82 Å². The Bertz CT molecular complexity index is 508. The topological polar surface area (TPSA) is 55.4 Å². The second-order valence-electron chi connectivity index (χ2n) is 3.23. The van der Waals surface area contributed by atoms with Gasteiger partial charge in [0.1, 0.15) is 5.82 Å². The van der Waals surface area contributed by atoms with Gasteiger partial charge in [-0.05, 0) is 18.2 Å². The van der Waals surface area contributed by atoms with Crippen LogP contribution in [0.2, 0.25) is 0 Å². The van der Waals surface area contributed by atoms with Crippen LogP contribution in [0.3, 0.4) is 0 Å². The Balaban J connectivity index is 2.49. The average Bonchev–Trinajstić information content (AvgIpc) is 2.55. The average molecular weight is 221 g/mol. The van der Waals surface area contributed by atoms with E-state index in [9.17, 15) is 14.0 Å².